The molecule has 0 amide bonds. The van der Waals surface area contributed by atoms with Gasteiger partial charge in [-0.3, -0.25) is 14.4 Å². The van der Waals surface area contributed by atoms with Gasteiger partial charge >= 0.3 is 17.9 Å². The Bertz CT molecular complexity index is 1550. The lowest BCUT2D eigenvalue weighted by molar-refractivity contribution is -0.167. The molecule has 1 unspecified atom stereocenters. The highest BCUT2D eigenvalue weighted by atomic mass is 16.6. The van der Waals surface area contributed by atoms with Crippen molar-refractivity contribution in [1.82, 2.24) is 0 Å². The molecule has 0 heterocycles. The second-order valence-electron chi connectivity index (χ2n) is 23.8. The topological polar surface area (TPSA) is 78.9 Å². The smallest absolute Gasteiger partial charge is 0.306 e. The number of esters is 3. The van der Waals surface area contributed by atoms with Gasteiger partial charge in [0.25, 0.3) is 0 Å². The van der Waals surface area contributed by atoms with E-state index < -0.39 is 6.10 Å². The van der Waals surface area contributed by atoms with Gasteiger partial charge in [0.05, 0.1) is 0 Å². The first-order valence-electron chi connectivity index (χ1n) is 35.6. The van der Waals surface area contributed by atoms with Crippen LogP contribution in [0.2, 0.25) is 0 Å². The summed E-state index contributed by atoms with van der Waals surface area (Å²) in [6.07, 6.45) is 93.4. The van der Waals surface area contributed by atoms with Crippen molar-refractivity contribution in [3.63, 3.8) is 0 Å². The quantitative estimate of drug-likeness (QED) is 0.0261. The predicted octanol–water partition coefficient (Wildman–Crippen LogP) is 24.6. The third kappa shape index (κ3) is 67.4. The summed E-state index contributed by atoms with van der Waals surface area (Å²) in [4.78, 5) is 38.4. The highest BCUT2D eigenvalue weighted by Crippen LogP contribution is 2.18. The lowest BCUT2D eigenvalue weighted by atomic mass is 10.0. The van der Waals surface area contributed by atoms with Crippen molar-refractivity contribution in [2.24, 2.45) is 0 Å². The molecule has 1 atom stereocenters. The summed E-state index contributed by atoms with van der Waals surface area (Å²) in [5, 5.41) is 0. The summed E-state index contributed by atoms with van der Waals surface area (Å²) >= 11 is 0. The van der Waals surface area contributed by atoms with Crippen LogP contribution in [0.5, 0.6) is 0 Å². The van der Waals surface area contributed by atoms with Crippen LogP contribution in [0.4, 0.5) is 0 Å². The Morgan fingerprint density at radius 1 is 0.256 bits per heavy atom. The highest BCUT2D eigenvalue weighted by Gasteiger charge is 2.19. The van der Waals surface area contributed by atoms with Gasteiger partial charge in [-0.25, -0.2) is 0 Å². The van der Waals surface area contributed by atoms with Crippen molar-refractivity contribution in [3.05, 3.63) is 85.1 Å². The zero-order valence-corrected chi connectivity index (χ0v) is 54.5. The summed E-state index contributed by atoms with van der Waals surface area (Å²) in [6, 6.07) is 0. The molecular formula is C76H134O6. The maximum absolute atomic E-state index is 12.9. The summed E-state index contributed by atoms with van der Waals surface area (Å²) in [5.41, 5.74) is 0. The van der Waals surface area contributed by atoms with E-state index in [9.17, 15) is 14.4 Å². The molecule has 0 aliphatic rings. The first-order chi connectivity index (χ1) is 40.5. The fourth-order valence-corrected chi connectivity index (χ4v) is 10.4. The molecule has 82 heavy (non-hydrogen) atoms. The molecule has 0 spiro atoms. The first kappa shape index (κ1) is 78.6. The van der Waals surface area contributed by atoms with E-state index in [1.165, 1.54) is 212 Å². The van der Waals surface area contributed by atoms with Crippen molar-refractivity contribution in [1.29, 1.82) is 0 Å². The fraction of sp³-hybridized carbons (Fsp3) is 0.776. The van der Waals surface area contributed by atoms with Crippen molar-refractivity contribution in [2.45, 2.75) is 367 Å². The molecule has 0 aliphatic carbocycles. The van der Waals surface area contributed by atoms with Crippen molar-refractivity contribution >= 4 is 17.9 Å². The van der Waals surface area contributed by atoms with Crippen LogP contribution in [-0.4, -0.2) is 37.2 Å². The Morgan fingerprint density at radius 2 is 0.476 bits per heavy atom. The summed E-state index contributed by atoms with van der Waals surface area (Å²) in [7, 11) is 0. The van der Waals surface area contributed by atoms with Gasteiger partial charge in [0.15, 0.2) is 6.10 Å². The number of hydrogen-bond acceptors (Lipinski definition) is 6. The largest absolute Gasteiger partial charge is 0.462 e. The maximum atomic E-state index is 12.9. The Labute approximate surface area is 509 Å². The minimum atomic E-state index is -0.793. The molecule has 0 fully saturated rings. The average molecular weight is 1140 g/mol. The molecule has 0 N–H and O–H groups in total. The molecule has 0 aromatic rings. The second kappa shape index (κ2) is 70.1. The van der Waals surface area contributed by atoms with E-state index in [0.717, 1.165) is 109 Å². The Morgan fingerprint density at radius 3 is 0.744 bits per heavy atom. The highest BCUT2D eigenvalue weighted by molar-refractivity contribution is 5.71. The van der Waals surface area contributed by atoms with E-state index in [-0.39, 0.29) is 31.1 Å². The molecule has 0 aromatic carbocycles. The Hall–Kier alpha value is -3.41. The van der Waals surface area contributed by atoms with Crippen LogP contribution in [0.1, 0.15) is 361 Å². The first-order valence-corrected chi connectivity index (χ1v) is 35.6. The molecule has 6 heteroatoms. The van der Waals surface area contributed by atoms with Gasteiger partial charge in [-0.15, -0.1) is 0 Å². The van der Waals surface area contributed by atoms with Crippen molar-refractivity contribution in [2.75, 3.05) is 13.2 Å². The van der Waals surface area contributed by atoms with E-state index in [2.05, 4.69) is 106 Å². The third-order valence-electron chi connectivity index (χ3n) is 15.7. The van der Waals surface area contributed by atoms with E-state index in [1.54, 1.807) is 0 Å². The monoisotopic (exact) mass is 1140 g/mol. The molecule has 474 valence electrons. The minimum absolute atomic E-state index is 0.0859. The summed E-state index contributed by atoms with van der Waals surface area (Å²) < 4.78 is 16.9. The predicted molar refractivity (Wildman–Crippen MR) is 358 cm³/mol. The minimum Gasteiger partial charge on any atom is -0.462 e. The van der Waals surface area contributed by atoms with Crippen LogP contribution in [0.25, 0.3) is 0 Å². The van der Waals surface area contributed by atoms with Crippen LogP contribution < -0.4 is 0 Å². The van der Waals surface area contributed by atoms with Crippen LogP contribution in [-0.2, 0) is 28.6 Å². The molecule has 0 saturated heterocycles. The molecule has 0 rings (SSSR count). The van der Waals surface area contributed by atoms with Crippen LogP contribution in [0, 0.1) is 0 Å². The van der Waals surface area contributed by atoms with Crippen LogP contribution in [0.3, 0.4) is 0 Å². The van der Waals surface area contributed by atoms with Gasteiger partial charge in [0.1, 0.15) is 13.2 Å². The fourth-order valence-electron chi connectivity index (χ4n) is 10.4. The lowest BCUT2D eigenvalue weighted by Gasteiger charge is -2.18. The van der Waals surface area contributed by atoms with Crippen LogP contribution in [0.15, 0.2) is 85.1 Å². The van der Waals surface area contributed by atoms with Gasteiger partial charge in [0.2, 0.25) is 0 Å². The molecule has 0 saturated carbocycles. The zero-order valence-electron chi connectivity index (χ0n) is 54.5. The summed E-state index contributed by atoms with van der Waals surface area (Å²) in [6.45, 7) is 6.54. The number of unbranched alkanes of at least 4 members (excludes halogenated alkanes) is 40. The van der Waals surface area contributed by atoms with Gasteiger partial charge in [-0.2, -0.15) is 0 Å². The number of carbonyl (C=O) groups is 3. The van der Waals surface area contributed by atoms with Crippen molar-refractivity contribution in [3.8, 4) is 0 Å². The van der Waals surface area contributed by atoms with Gasteiger partial charge in [-0.05, 0) is 77.0 Å². The number of ether oxygens (including phenoxy) is 3. The second-order valence-corrected chi connectivity index (χ2v) is 23.8. The molecule has 0 aliphatic heterocycles. The van der Waals surface area contributed by atoms with E-state index >= 15 is 0 Å². The molecule has 6 nitrogen and oxygen atoms in total. The van der Waals surface area contributed by atoms with E-state index in [1.807, 2.05) is 0 Å². The molecular weight excluding hydrogens is 1010 g/mol. The average Bonchev–Trinajstić information content (AvgIpc) is 3.48. The number of carbonyl (C=O) groups excluding carboxylic acids is 3. The van der Waals surface area contributed by atoms with Gasteiger partial charge in [0, 0.05) is 19.3 Å². The lowest BCUT2D eigenvalue weighted by Crippen LogP contribution is -2.30. The molecule has 0 aromatic heterocycles. The van der Waals surface area contributed by atoms with Crippen LogP contribution >= 0.6 is 0 Å². The maximum Gasteiger partial charge on any atom is 0.306 e. The number of rotatable bonds is 65. The van der Waals surface area contributed by atoms with E-state index in [0.29, 0.717) is 19.3 Å². The van der Waals surface area contributed by atoms with Crippen molar-refractivity contribution < 1.29 is 28.6 Å². The van der Waals surface area contributed by atoms with Gasteiger partial charge < -0.3 is 14.2 Å². The molecule has 0 radical (unpaired) electrons. The number of hydrogen-bond donors (Lipinski definition) is 0. The number of allylic oxidation sites excluding steroid dienone is 14. The Balaban J connectivity index is 4.25. The third-order valence-corrected chi connectivity index (χ3v) is 15.7. The molecule has 0 bridgehead atoms. The van der Waals surface area contributed by atoms with Gasteiger partial charge in [-0.1, -0.05) is 350 Å². The Kier molecular flexibility index (Phi) is 67.2. The normalized spacial score (nSPS) is 12.6. The summed E-state index contributed by atoms with van der Waals surface area (Å²) in [5.74, 6) is -0.901. The standard InChI is InChI=1S/C76H134O6/c1-4-7-10-13-16-19-22-24-26-28-30-32-34-36-37-38-40-41-43-45-47-49-51-54-57-60-63-66-69-75(78)81-72-73(71-80-74(77)68-65-62-59-56-53-21-18-15-12-9-6-3)82-76(79)70-67-64-61-58-55-52-50-48-46-44-42-39-35-33-31-29-27-25-23-20-17-14-11-8-5-2/h8,11,17,20,25,27,31,33,39,42,46,48,52,55,73H,4-7,9-10,12-16,18-19,21-24,26,28-30,32,34-38,40-41,43-45,47,49-51,53-54,56-72H2,1-3H3/b11-8-,20-17-,27-25-,33-31-,42-39-,48-46-,55-52-. The van der Waals surface area contributed by atoms with E-state index in [4.69, 9.17) is 14.2 Å². The zero-order chi connectivity index (χ0) is 59.2. The SMILES string of the molecule is CC/C=C\C/C=C\C/C=C\C/C=C\C/C=C\C/C=C\C/C=C\CCCCCC(=O)OC(COC(=O)CCCCCCCCCCCCC)COC(=O)CCCCCCCCCCCCCCCCCCCCCCCCCCCCCC.